The summed E-state index contributed by atoms with van der Waals surface area (Å²) in [6, 6.07) is 21.0. The van der Waals surface area contributed by atoms with Crippen LogP contribution in [0.3, 0.4) is 0 Å². The summed E-state index contributed by atoms with van der Waals surface area (Å²) in [5, 5.41) is 12.3. The number of rotatable bonds is 9. The van der Waals surface area contributed by atoms with Gasteiger partial charge in [0, 0.05) is 29.5 Å². The fourth-order valence-corrected chi connectivity index (χ4v) is 5.58. The van der Waals surface area contributed by atoms with Gasteiger partial charge >= 0.3 is 0 Å². The van der Waals surface area contributed by atoms with E-state index in [4.69, 9.17) is 9.47 Å². The highest BCUT2D eigenvalue weighted by molar-refractivity contribution is 7.99. The molecule has 0 saturated carbocycles. The van der Waals surface area contributed by atoms with Crippen LogP contribution >= 0.6 is 11.8 Å². The predicted molar refractivity (Wildman–Crippen MR) is 155 cm³/mol. The van der Waals surface area contributed by atoms with Crippen LogP contribution in [0.2, 0.25) is 0 Å². The van der Waals surface area contributed by atoms with Gasteiger partial charge in [0.2, 0.25) is 5.91 Å². The third kappa shape index (κ3) is 5.96. The number of ether oxygens (including phenoxy) is 2. The van der Waals surface area contributed by atoms with Gasteiger partial charge in [-0.1, -0.05) is 42.1 Å². The monoisotopic (exact) mass is 557 g/mol. The van der Waals surface area contributed by atoms with Crippen molar-refractivity contribution in [2.45, 2.75) is 31.5 Å². The first-order valence-electron chi connectivity index (χ1n) is 13.0. The molecule has 0 fully saturated rings. The van der Waals surface area contributed by atoms with Crippen molar-refractivity contribution in [1.82, 2.24) is 20.1 Å². The Kier molecular flexibility index (Phi) is 8.35. The number of amides is 2. The quantitative estimate of drug-likeness (QED) is 0.301. The molecule has 0 bridgehead atoms. The molecule has 9 nitrogen and oxygen atoms in total. The van der Waals surface area contributed by atoms with E-state index < -0.39 is 0 Å². The third-order valence-corrected chi connectivity index (χ3v) is 7.63. The number of carbonyl (C=O) groups is 2. The molecule has 2 amide bonds. The van der Waals surface area contributed by atoms with Gasteiger partial charge in [-0.15, -0.1) is 10.2 Å². The summed E-state index contributed by atoms with van der Waals surface area (Å²) in [4.78, 5) is 28.2. The van der Waals surface area contributed by atoms with Gasteiger partial charge in [-0.3, -0.25) is 14.2 Å². The number of anilines is 1. The normalized spacial score (nSPS) is 12.5. The summed E-state index contributed by atoms with van der Waals surface area (Å²) in [5.74, 6) is 1.53. The zero-order valence-corrected chi connectivity index (χ0v) is 23.5. The van der Waals surface area contributed by atoms with E-state index in [1.165, 1.54) is 31.5 Å². The lowest BCUT2D eigenvalue weighted by Crippen LogP contribution is -2.36. The molecule has 0 atom stereocenters. The van der Waals surface area contributed by atoms with Crippen LogP contribution in [-0.4, -0.2) is 53.1 Å². The zero-order valence-electron chi connectivity index (χ0n) is 22.7. The number of thioether (sulfide) groups is 1. The lowest BCUT2D eigenvalue weighted by Gasteiger charge is -2.29. The number of para-hydroxylation sites is 1. The molecule has 40 heavy (non-hydrogen) atoms. The maximum Gasteiger partial charge on any atom is 0.251 e. The van der Waals surface area contributed by atoms with Crippen molar-refractivity contribution in [1.29, 1.82) is 0 Å². The molecule has 0 spiro atoms. The summed E-state index contributed by atoms with van der Waals surface area (Å²) in [6.07, 6.45) is 1.92. The number of nitrogens with one attached hydrogen (secondary N) is 1. The number of fused-ring (bicyclic) bond motifs is 1. The van der Waals surface area contributed by atoms with Crippen LogP contribution in [-0.2, 0) is 17.8 Å². The molecule has 0 aliphatic carbocycles. The van der Waals surface area contributed by atoms with Gasteiger partial charge < -0.3 is 19.7 Å². The van der Waals surface area contributed by atoms with Gasteiger partial charge in [0.05, 0.1) is 26.5 Å². The summed E-state index contributed by atoms with van der Waals surface area (Å²) in [7, 11) is 3.07. The minimum atomic E-state index is -0.302. The molecule has 3 aromatic carbocycles. The Labute approximate surface area is 237 Å². The minimum absolute atomic E-state index is 0.0257. The summed E-state index contributed by atoms with van der Waals surface area (Å²) < 4.78 is 12.5. The number of aryl methyl sites for hydroxylation is 2. The van der Waals surface area contributed by atoms with Crippen molar-refractivity contribution in [3.63, 3.8) is 0 Å². The maximum atomic E-state index is 13.3. The number of hydrogen-bond donors (Lipinski definition) is 1. The van der Waals surface area contributed by atoms with Gasteiger partial charge in [-0.25, -0.2) is 0 Å². The van der Waals surface area contributed by atoms with E-state index >= 15 is 0 Å². The largest absolute Gasteiger partial charge is 0.497 e. The smallest absolute Gasteiger partial charge is 0.251 e. The average Bonchev–Trinajstić information content (AvgIpc) is 3.40. The van der Waals surface area contributed by atoms with Gasteiger partial charge in [-0.2, -0.15) is 0 Å². The van der Waals surface area contributed by atoms with Crippen LogP contribution in [0, 0.1) is 6.92 Å². The average molecular weight is 558 g/mol. The van der Waals surface area contributed by atoms with Crippen LogP contribution in [0.5, 0.6) is 11.5 Å². The Morgan fingerprint density at radius 2 is 1.75 bits per heavy atom. The Morgan fingerprint density at radius 1 is 0.975 bits per heavy atom. The van der Waals surface area contributed by atoms with Crippen LogP contribution < -0.4 is 19.7 Å². The molecule has 10 heteroatoms. The topological polar surface area (TPSA) is 98.6 Å². The van der Waals surface area contributed by atoms with Crippen molar-refractivity contribution in [2.75, 3.05) is 31.4 Å². The van der Waals surface area contributed by atoms with E-state index in [-0.39, 0.29) is 24.1 Å². The molecule has 1 aliphatic heterocycles. The number of nitrogens with zero attached hydrogens (tertiary/aromatic N) is 4. The number of hydrogen-bond acceptors (Lipinski definition) is 7. The second-order valence-corrected chi connectivity index (χ2v) is 10.4. The van der Waals surface area contributed by atoms with E-state index in [9.17, 15) is 9.59 Å². The van der Waals surface area contributed by atoms with Crippen LogP contribution in [0.25, 0.3) is 5.69 Å². The standard InChI is InChI=1S/C30H31N5O4S/c1-20-8-6-11-23(14-20)35-27(18-31-29(37)22-15-24(38-2)17-25(16-22)39-3)32-33-30(35)40-19-28(36)34-13-7-10-21-9-4-5-12-26(21)34/h4-6,8-9,11-12,14-17H,7,10,13,18-19H2,1-3H3,(H,31,37). The Bertz CT molecular complexity index is 1510. The van der Waals surface area contributed by atoms with Crippen molar-refractivity contribution in [3.8, 4) is 17.2 Å². The third-order valence-electron chi connectivity index (χ3n) is 6.72. The van der Waals surface area contributed by atoms with Gasteiger partial charge in [0.1, 0.15) is 11.5 Å². The first-order chi connectivity index (χ1) is 19.5. The second-order valence-electron chi connectivity index (χ2n) is 9.42. The van der Waals surface area contributed by atoms with Crippen molar-refractivity contribution in [3.05, 3.63) is 89.2 Å². The Balaban J connectivity index is 1.36. The molecule has 0 unspecified atom stereocenters. The van der Waals surface area contributed by atoms with Gasteiger partial charge in [0.15, 0.2) is 11.0 Å². The predicted octanol–water partition coefficient (Wildman–Crippen LogP) is 4.59. The number of carbonyl (C=O) groups excluding carboxylic acids is 2. The first kappa shape index (κ1) is 27.3. The van der Waals surface area contributed by atoms with E-state index in [2.05, 4.69) is 21.6 Å². The van der Waals surface area contributed by atoms with Crippen molar-refractivity contribution >= 4 is 29.3 Å². The van der Waals surface area contributed by atoms with Crippen molar-refractivity contribution < 1.29 is 19.1 Å². The van der Waals surface area contributed by atoms with Gasteiger partial charge in [-0.05, 0) is 61.2 Å². The Morgan fingerprint density at radius 3 is 2.50 bits per heavy atom. The molecule has 4 aromatic rings. The molecule has 206 valence electrons. The molecule has 0 saturated heterocycles. The second kappa shape index (κ2) is 12.3. The SMILES string of the molecule is COc1cc(OC)cc(C(=O)NCc2nnc(SCC(=O)N3CCCc4ccccc43)n2-c2cccc(C)c2)c1. The Hall–Kier alpha value is -4.31. The molecule has 1 N–H and O–H groups in total. The van der Waals surface area contributed by atoms with Crippen LogP contribution in [0.4, 0.5) is 5.69 Å². The van der Waals surface area contributed by atoms with Crippen molar-refractivity contribution in [2.24, 2.45) is 0 Å². The van der Waals surface area contributed by atoms with Crippen LogP contribution in [0.15, 0.2) is 71.9 Å². The highest BCUT2D eigenvalue weighted by atomic mass is 32.2. The van der Waals surface area contributed by atoms with Crippen LogP contribution in [0.1, 0.15) is 33.7 Å². The van der Waals surface area contributed by atoms with E-state index in [0.717, 1.165) is 29.8 Å². The fourth-order valence-electron chi connectivity index (χ4n) is 4.73. The van der Waals surface area contributed by atoms with E-state index in [1.54, 1.807) is 18.2 Å². The lowest BCUT2D eigenvalue weighted by molar-refractivity contribution is -0.116. The lowest BCUT2D eigenvalue weighted by atomic mass is 10.0. The fraction of sp³-hybridized carbons (Fsp3) is 0.267. The number of methoxy groups -OCH3 is 2. The van der Waals surface area contributed by atoms with Gasteiger partial charge in [0.25, 0.3) is 5.91 Å². The summed E-state index contributed by atoms with van der Waals surface area (Å²) in [6.45, 7) is 2.84. The molecule has 2 heterocycles. The molecule has 0 radical (unpaired) electrons. The summed E-state index contributed by atoms with van der Waals surface area (Å²) in [5.41, 5.74) is 4.51. The zero-order chi connectivity index (χ0) is 28.1. The number of benzene rings is 3. The van der Waals surface area contributed by atoms with E-state index in [1.807, 2.05) is 58.9 Å². The minimum Gasteiger partial charge on any atom is -0.497 e. The molecule has 1 aliphatic rings. The highest BCUT2D eigenvalue weighted by Gasteiger charge is 2.24. The number of aromatic nitrogens is 3. The van der Waals surface area contributed by atoms with E-state index in [0.29, 0.717) is 34.6 Å². The molecular formula is C30H31N5O4S. The molecule has 1 aromatic heterocycles. The maximum absolute atomic E-state index is 13.3. The first-order valence-corrected chi connectivity index (χ1v) is 14.0. The highest BCUT2D eigenvalue weighted by Crippen LogP contribution is 2.29. The summed E-state index contributed by atoms with van der Waals surface area (Å²) >= 11 is 1.34. The molecule has 5 rings (SSSR count). The molecular weight excluding hydrogens is 526 g/mol.